The van der Waals surface area contributed by atoms with Gasteiger partial charge in [-0.2, -0.15) is 0 Å². The van der Waals surface area contributed by atoms with Crippen LogP contribution in [-0.4, -0.2) is 17.7 Å². The number of hydrogen-bond donors (Lipinski definition) is 2. The van der Waals surface area contributed by atoms with Gasteiger partial charge in [-0.05, 0) is 42.9 Å². The Balaban J connectivity index is 1.56. The first-order valence-electron chi connectivity index (χ1n) is 8.05. The van der Waals surface area contributed by atoms with Crippen LogP contribution in [0.1, 0.15) is 31.4 Å². The standard InChI is InChI=1S/C19H22N2OS/c1-14(13-19(22)21-15-7-3-2-4-8-15)20-17-11-12-23-18-10-6-5-9-16(17)18/h2-10,14,17,20H,11-13H2,1H3,(H,21,22). The number of para-hydroxylation sites is 1. The van der Waals surface area contributed by atoms with Gasteiger partial charge in [0.15, 0.2) is 0 Å². The molecule has 1 aliphatic heterocycles. The Morgan fingerprint density at radius 2 is 1.91 bits per heavy atom. The Morgan fingerprint density at radius 3 is 2.74 bits per heavy atom. The van der Waals surface area contributed by atoms with Crippen LogP contribution in [0.2, 0.25) is 0 Å². The number of hydrogen-bond acceptors (Lipinski definition) is 3. The molecule has 2 unspecified atom stereocenters. The second-order valence-electron chi connectivity index (χ2n) is 5.91. The van der Waals surface area contributed by atoms with Crippen molar-refractivity contribution in [3.8, 4) is 0 Å². The van der Waals surface area contributed by atoms with E-state index in [0.29, 0.717) is 12.5 Å². The average Bonchev–Trinajstić information content (AvgIpc) is 2.56. The molecule has 0 aromatic heterocycles. The van der Waals surface area contributed by atoms with Gasteiger partial charge in [0.1, 0.15) is 0 Å². The Hall–Kier alpha value is -1.78. The summed E-state index contributed by atoms with van der Waals surface area (Å²) in [5, 5.41) is 6.56. The van der Waals surface area contributed by atoms with Gasteiger partial charge in [0.05, 0.1) is 0 Å². The number of anilines is 1. The summed E-state index contributed by atoms with van der Waals surface area (Å²) in [6, 6.07) is 18.6. The van der Waals surface area contributed by atoms with Crippen molar-refractivity contribution in [2.75, 3.05) is 11.1 Å². The first-order valence-corrected chi connectivity index (χ1v) is 9.03. The van der Waals surface area contributed by atoms with Gasteiger partial charge in [-0.3, -0.25) is 4.79 Å². The second-order valence-corrected chi connectivity index (χ2v) is 7.05. The van der Waals surface area contributed by atoms with Gasteiger partial charge in [0, 0.05) is 29.1 Å². The first-order chi connectivity index (χ1) is 11.2. The SMILES string of the molecule is CC(CC(=O)Nc1ccccc1)NC1CCSc2ccccc21. The minimum absolute atomic E-state index is 0.0506. The summed E-state index contributed by atoms with van der Waals surface area (Å²) in [4.78, 5) is 13.5. The van der Waals surface area contributed by atoms with Gasteiger partial charge in [-0.1, -0.05) is 36.4 Å². The number of carbonyl (C=O) groups is 1. The molecule has 2 atom stereocenters. The molecule has 1 aliphatic rings. The molecule has 2 aromatic rings. The summed E-state index contributed by atoms with van der Waals surface area (Å²) in [5.41, 5.74) is 2.21. The van der Waals surface area contributed by atoms with E-state index >= 15 is 0 Å². The molecule has 120 valence electrons. The Bertz CT molecular complexity index is 659. The van der Waals surface area contributed by atoms with Crippen molar-refractivity contribution in [1.82, 2.24) is 5.32 Å². The Morgan fingerprint density at radius 1 is 1.17 bits per heavy atom. The van der Waals surface area contributed by atoms with Gasteiger partial charge >= 0.3 is 0 Å². The number of nitrogens with one attached hydrogen (secondary N) is 2. The molecule has 0 bridgehead atoms. The lowest BCUT2D eigenvalue weighted by molar-refractivity contribution is -0.116. The number of benzene rings is 2. The van der Waals surface area contributed by atoms with Gasteiger partial charge in [0.25, 0.3) is 0 Å². The number of amides is 1. The van der Waals surface area contributed by atoms with Gasteiger partial charge in [0.2, 0.25) is 5.91 Å². The largest absolute Gasteiger partial charge is 0.326 e. The number of thioether (sulfide) groups is 1. The summed E-state index contributed by atoms with van der Waals surface area (Å²) < 4.78 is 0. The normalized spacial score (nSPS) is 18.0. The van der Waals surface area contributed by atoms with Crippen molar-refractivity contribution >= 4 is 23.4 Å². The Labute approximate surface area is 141 Å². The van der Waals surface area contributed by atoms with Crippen LogP contribution >= 0.6 is 11.8 Å². The second kappa shape index (κ2) is 7.66. The van der Waals surface area contributed by atoms with Crippen LogP contribution in [0.25, 0.3) is 0 Å². The van der Waals surface area contributed by atoms with E-state index in [-0.39, 0.29) is 11.9 Å². The zero-order chi connectivity index (χ0) is 16.1. The third-order valence-corrected chi connectivity index (χ3v) is 5.12. The third kappa shape index (κ3) is 4.36. The Kier molecular flexibility index (Phi) is 5.36. The smallest absolute Gasteiger partial charge is 0.225 e. The molecule has 23 heavy (non-hydrogen) atoms. The molecule has 3 nitrogen and oxygen atoms in total. The number of rotatable bonds is 5. The zero-order valence-electron chi connectivity index (χ0n) is 13.3. The highest BCUT2D eigenvalue weighted by Crippen LogP contribution is 2.36. The fourth-order valence-corrected chi connectivity index (χ4v) is 4.05. The highest BCUT2D eigenvalue weighted by atomic mass is 32.2. The van der Waals surface area contributed by atoms with Gasteiger partial charge in [-0.15, -0.1) is 11.8 Å². The molecule has 4 heteroatoms. The number of carbonyl (C=O) groups excluding carboxylic acids is 1. The molecule has 0 aliphatic carbocycles. The van der Waals surface area contributed by atoms with E-state index in [0.717, 1.165) is 17.9 Å². The average molecular weight is 326 g/mol. The molecule has 0 spiro atoms. The lowest BCUT2D eigenvalue weighted by Crippen LogP contribution is -2.35. The van der Waals surface area contributed by atoms with Crippen LogP contribution < -0.4 is 10.6 Å². The van der Waals surface area contributed by atoms with E-state index < -0.39 is 0 Å². The van der Waals surface area contributed by atoms with E-state index in [1.807, 2.05) is 42.1 Å². The van der Waals surface area contributed by atoms with Crippen molar-refractivity contribution in [3.05, 3.63) is 60.2 Å². The highest BCUT2D eigenvalue weighted by molar-refractivity contribution is 7.99. The van der Waals surface area contributed by atoms with Crippen molar-refractivity contribution < 1.29 is 4.79 Å². The lowest BCUT2D eigenvalue weighted by Gasteiger charge is -2.28. The fourth-order valence-electron chi connectivity index (χ4n) is 2.93. The monoisotopic (exact) mass is 326 g/mol. The van der Waals surface area contributed by atoms with E-state index in [2.05, 4.69) is 41.8 Å². The molecule has 2 aromatic carbocycles. The predicted molar refractivity (Wildman–Crippen MR) is 96.8 cm³/mol. The third-order valence-electron chi connectivity index (χ3n) is 3.99. The van der Waals surface area contributed by atoms with E-state index in [4.69, 9.17) is 0 Å². The quantitative estimate of drug-likeness (QED) is 0.864. The molecule has 1 amide bonds. The molecule has 0 fully saturated rings. The fraction of sp³-hybridized carbons (Fsp3) is 0.316. The minimum atomic E-state index is 0.0506. The molecular weight excluding hydrogens is 304 g/mol. The van der Waals surface area contributed by atoms with Crippen LogP contribution in [0.4, 0.5) is 5.69 Å². The molecule has 0 saturated carbocycles. The summed E-state index contributed by atoms with van der Waals surface area (Å²) >= 11 is 1.92. The van der Waals surface area contributed by atoms with E-state index in [1.54, 1.807) is 0 Å². The van der Waals surface area contributed by atoms with Crippen LogP contribution in [-0.2, 0) is 4.79 Å². The molecule has 0 saturated heterocycles. The van der Waals surface area contributed by atoms with Gasteiger partial charge in [-0.25, -0.2) is 0 Å². The summed E-state index contributed by atoms with van der Waals surface area (Å²) in [6.07, 6.45) is 1.58. The van der Waals surface area contributed by atoms with Crippen LogP contribution in [0.3, 0.4) is 0 Å². The highest BCUT2D eigenvalue weighted by Gasteiger charge is 2.22. The molecule has 1 heterocycles. The maximum absolute atomic E-state index is 12.2. The van der Waals surface area contributed by atoms with Gasteiger partial charge < -0.3 is 10.6 Å². The summed E-state index contributed by atoms with van der Waals surface area (Å²) in [6.45, 7) is 2.08. The first kappa shape index (κ1) is 16.1. The summed E-state index contributed by atoms with van der Waals surface area (Å²) in [7, 11) is 0. The van der Waals surface area contributed by atoms with Crippen molar-refractivity contribution in [3.63, 3.8) is 0 Å². The topological polar surface area (TPSA) is 41.1 Å². The van der Waals surface area contributed by atoms with Crippen molar-refractivity contribution in [1.29, 1.82) is 0 Å². The van der Waals surface area contributed by atoms with Crippen LogP contribution in [0, 0.1) is 0 Å². The van der Waals surface area contributed by atoms with Crippen molar-refractivity contribution in [2.45, 2.75) is 36.7 Å². The molecular formula is C19H22N2OS. The predicted octanol–water partition coefficient (Wildman–Crippen LogP) is 4.23. The maximum Gasteiger partial charge on any atom is 0.225 e. The summed E-state index contributed by atoms with van der Waals surface area (Å²) in [5.74, 6) is 1.17. The van der Waals surface area contributed by atoms with Crippen molar-refractivity contribution in [2.24, 2.45) is 0 Å². The molecule has 2 N–H and O–H groups in total. The zero-order valence-corrected chi connectivity index (χ0v) is 14.1. The molecule has 3 rings (SSSR count). The van der Waals surface area contributed by atoms with Crippen LogP contribution in [0.15, 0.2) is 59.5 Å². The lowest BCUT2D eigenvalue weighted by atomic mass is 10.0. The van der Waals surface area contributed by atoms with E-state index in [9.17, 15) is 4.79 Å². The molecule has 0 radical (unpaired) electrons. The van der Waals surface area contributed by atoms with E-state index in [1.165, 1.54) is 10.5 Å². The minimum Gasteiger partial charge on any atom is -0.326 e. The van der Waals surface area contributed by atoms with Crippen LogP contribution in [0.5, 0.6) is 0 Å². The maximum atomic E-state index is 12.2. The number of fused-ring (bicyclic) bond motifs is 1.